The van der Waals surface area contributed by atoms with Crippen molar-refractivity contribution >= 4 is 17.4 Å². The van der Waals surface area contributed by atoms with Crippen LogP contribution in [0.25, 0.3) is 0 Å². The van der Waals surface area contributed by atoms with Gasteiger partial charge >= 0.3 is 0 Å². The largest absolute Gasteiger partial charge is 0.476 e. The van der Waals surface area contributed by atoms with Gasteiger partial charge in [0.25, 0.3) is 5.91 Å². The lowest BCUT2D eigenvalue weighted by Crippen LogP contribution is -2.53. The molecule has 0 fully saturated rings. The van der Waals surface area contributed by atoms with Crippen molar-refractivity contribution in [2.75, 3.05) is 11.4 Å². The molecule has 0 unspecified atom stereocenters. The number of ether oxygens (including phenoxy) is 1. The number of hydrogen-bond acceptors (Lipinski definition) is 3. The van der Waals surface area contributed by atoms with E-state index in [1.54, 1.807) is 36.9 Å². The molecule has 1 amide bonds. The second kappa shape index (κ2) is 4.93. The Morgan fingerprint density at radius 1 is 1.35 bits per heavy atom. The molecule has 4 heteroatoms. The van der Waals surface area contributed by atoms with E-state index in [9.17, 15) is 9.59 Å². The molecule has 0 aliphatic carbocycles. The molecule has 1 aliphatic heterocycles. The van der Waals surface area contributed by atoms with Crippen molar-refractivity contribution < 1.29 is 14.3 Å². The zero-order valence-electron chi connectivity index (χ0n) is 12.7. The molecule has 0 N–H and O–H groups in total. The van der Waals surface area contributed by atoms with E-state index in [0.29, 0.717) is 29.5 Å². The molecule has 0 saturated carbocycles. The van der Waals surface area contributed by atoms with Crippen LogP contribution in [0.15, 0.2) is 18.2 Å². The average molecular weight is 275 g/mol. The highest BCUT2D eigenvalue weighted by molar-refractivity contribution is 6.04. The van der Waals surface area contributed by atoms with Crippen LogP contribution in [0.4, 0.5) is 5.69 Å². The summed E-state index contributed by atoms with van der Waals surface area (Å²) in [7, 11) is 0. The fraction of sp³-hybridized carbons (Fsp3) is 0.500. The van der Waals surface area contributed by atoms with Crippen LogP contribution in [0.5, 0.6) is 5.75 Å². The summed E-state index contributed by atoms with van der Waals surface area (Å²) in [5.41, 5.74) is 0.406. The van der Waals surface area contributed by atoms with Gasteiger partial charge in [-0.3, -0.25) is 9.59 Å². The number of anilines is 1. The molecule has 0 radical (unpaired) electrons. The number of fused-ring (bicyclic) bond motifs is 1. The van der Waals surface area contributed by atoms with Crippen LogP contribution < -0.4 is 9.64 Å². The Kier molecular flexibility index (Phi) is 3.59. The van der Waals surface area contributed by atoms with Crippen molar-refractivity contribution in [2.24, 2.45) is 5.92 Å². The molecule has 4 nitrogen and oxygen atoms in total. The second-order valence-electron chi connectivity index (χ2n) is 6.16. The summed E-state index contributed by atoms with van der Waals surface area (Å²) in [6.45, 7) is 9.79. The van der Waals surface area contributed by atoms with Crippen molar-refractivity contribution in [1.82, 2.24) is 0 Å². The molecule has 20 heavy (non-hydrogen) atoms. The Labute approximate surface area is 119 Å². The molecule has 0 atom stereocenters. The minimum absolute atomic E-state index is 0.0189. The van der Waals surface area contributed by atoms with Gasteiger partial charge in [-0.15, -0.1) is 0 Å². The number of carbonyl (C=O) groups is 2. The van der Waals surface area contributed by atoms with Gasteiger partial charge in [0.1, 0.15) is 5.75 Å². The van der Waals surface area contributed by atoms with Crippen LogP contribution >= 0.6 is 0 Å². The molecule has 0 saturated heterocycles. The van der Waals surface area contributed by atoms with Gasteiger partial charge in [0, 0.05) is 12.1 Å². The molecule has 108 valence electrons. The molecule has 0 aromatic heterocycles. The van der Waals surface area contributed by atoms with Crippen molar-refractivity contribution in [1.29, 1.82) is 0 Å². The van der Waals surface area contributed by atoms with Crippen LogP contribution in [0.3, 0.4) is 0 Å². The maximum Gasteiger partial charge on any atom is 0.270 e. The maximum absolute atomic E-state index is 12.5. The quantitative estimate of drug-likeness (QED) is 0.796. The Morgan fingerprint density at radius 2 is 2.00 bits per heavy atom. The van der Waals surface area contributed by atoms with Gasteiger partial charge in [0.2, 0.25) is 0 Å². The van der Waals surface area contributed by atoms with Crippen LogP contribution in [0.2, 0.25) is 0 Å². The van der Waals surface area contributed by atoms with Gasteiger partial charge < -0.3 is 9.64 Å². The molecular weight excluding hydrogens is 254 g/mol. The van der Waals surface area contributed by atoms with E-state index >= 15 is 0 Å². The van der Waals surface area contributed by atoms with Crippen LogP contribution in [-0.2, 0) is 4.79 Å². The number of hydrogen-bond donors (Lipinski definition) is 0. The van der Waals surface area contributed by atoms with E-state index in [1.165, 1.54) is 6.92 Å². The first kappa shape index (κ1) is 14.6. The van der Waals surface area contributed by atoms with E-state index in [1.807, 2.05) is 0 Å². The Morgan fingerprint density at radius 3 is 2.55 bits per heavy atom. The number of benzene rings is 1. The second-order valence-corrected chi connectivity index (χ2v) is 6.16. The minimum Gasteiger partial charge on any atom is -0.476 e. The monoisotopic (exact) mass is 275 g/mol. The van der Waals surface area contributed by atoms with Gasteiger partial charge in [-0.05, 0) is 44.9 Å². The van der Waals surface area contributed by atoms with Gasteiger partial charge in [0.05, 0.1) is 5.69 Å². The van der Waals surface area contributed by atoms with Crippen molar-refractivity contribution in [2.45, 2.75) is 40.2 Å². The van der Waals surface area contributed by atoms with Gasteiger partial charge in [-0.2, -0.15) is 0 Å². The fourth-order valence-electron chi connectivity index (χ4n) is 2.33. The smallest absolute Gasteiger partial charge is 0.270 e. The number of nitrogens with zero attached hydrogens (tertiary/aromatic N) is 1. The molecule has 1 aromatic carbocycles. The normalized spacial score (nSPS) is 16.9. The van der Waals surface area contributed by atoms with E-state index < -0.39 is 5.60 Å². The molecule has 0 spiro atoms. The van der Waals surface area contributed by atoms with Crippen LogP contribution in [0, 0.1) is 5.92 Å². The molecule has 1 heterocycles. The summed E-state index contributed by atoms with van der Waals surface area (Å²) in [5, 5.41) is 0. The number of amides is 1. The molecule has 0 bridgehead atoms. The Hall–Kier alpha value is -1.84. The number of ketones is 1. The average Bonchev–Trinajstić information content (AvgIpc) is 2.33. The van der Waals surface area contributed by atoms with Gasteiger partial charge in [-0.1, -0.05) is 13.8 Å². The predicted molar refractivity (Wildman–Crippen MR) is 78.3 cm³/mol. The zero-order chi connectivity index (χ0) is 15.1. The third-order valence-electron chi connectivity index (χ3n) is 3.33. The summed E-state index contributed by atoms with van der Waals surface area (Å²) >= 11 is 0. The molecule has 1 aliphatic rings. The first-order valence-electron chi connectivity index (χ1n) is 6.88. The van der Waals surface area contributed by atoms with Crippen LogP contribution in [0.1, 0.15) is 45.0 Å². The minimum atomic E-state index is -0.875. The van der Waals surface area contributed by atoms with E-state index in [0.717, 1.165) is 0 Å². The van der Waals surface area contributed by atoms with Gasteiger partial charge in [0.15, 0.2) is 11.4 Å². The molecular formula is C16H21NO3. The lowest BCUT2D eigenvalue weighted by molar-refractivity contribution is -0.132. The SMILES string of the molecule is CC(=O)c1ccc2c(c1)N(CC(C)C)C(=O)C(C)(C)O2. The topological polar surface area (TPSA) is 46.6 Å². The van der Waals surface area contributed by atoms with E-state index in [4.69, 9.17) is 4.74 Å². The van der Waals surface area contributed by atoms with E-state index in [-0.39, 0.29) is 11.7 Å². The zero-order valence-corrected chi connectivity index (χ0v) is 12.7. The van der Waals surface area contributed by atoms with Crippen LogP contribution in [-0.4, -0.2) is 23.8 Å². The van der Waals surface area contributed by atoms with Crippen molar-refractivity contribution in [3.05, 3.63) is 23.8 Å². The van der Waals surface area contributed by atoms with Crippen molar-refractivity contribution in [3.63, 3.8) is 0 Å². The van der Waals surface area contributed by atoms with Crippen molar-refractivity contribution in [3.8, 4) is 5.75 Å². The predicted octanol–water partition coefficient (Wildman–Crippen LogP) is 3.05. The highest BCUT2D eigenvalue weighted by atomic mass is 16.5. The summed E-state index contributed by atoms with van der Waals surface area (Å²) in [5.74, 6) is 0.899. The lowest BCUT2D eigenvalue weighted by atomic mass is 10.0. The summed E-state index contributed by atoms with van der Waals surface area (Å²) < 4.78 is 5.78. The number of carbonyl (C=O) groups excluding carboxylic acids is 2. The Balaban J connectivity index is 2.53. The standard InChI is InChI=1S/C16H21NO3/c1-10(2)9-17-13-8-12(11(3)18)6-7-14(13)20-16(4,5)15(17)19/h6-8,10H,9H2,1-5H3. The fourth-order valence-corrected chi connectivity index (χ4v) is 2.33. The Bertz CT molecular complexity index is 561. The summed E-state index contributed by atoms with van der Waals surface area (Å²) in [4.78, 5) is 25.8. The third-order valence-corrected chi connectivity index (χ3v) is 3.33. The summed E-state index contributed by atoms with van der Waals surface area (Å²) in [6.07, 6.45) is 0. The van der Waals surface area contributed by atoms with Gasteiger partial charge in [-0.25, -0.2) is 0 Å². The highest BCUT2D eigenvalue weighted by Gasteiger charge is 2.41. The first-order chi connectivity index (χ1) is 9.22. The first-order valence-corrected chi connectivity index (χ1v) is 6.88. The highest BCUT2D eigenvalue weighted by Crippen LogP contribution is 2.38. The molecule has 2 rings (SSSR count). The number of rotatable bonds is 3. The molecule has 1 aromatic rings. The maximum atomic E-state index is 12.5. The summed E-state index contributed by atoms with van der Waals surface area (Å²) in [6, 6.07) is 5.25. The lowest BCUT2D eigenvalue weighted by Gasteiger charge is -2.39. The third kappa shape index (κ3) is 2.55. The number of Topliss-reactive ketones (excluding diaryl/α,β-unsaturated/α-hetero) is 1. The van der Waals surface area contributed by atoms with E-state index in [2.05, 4.69) is 13.8 Å².